The van der Waals surface area contributed by atoms with E-state index < -0.39 is 11.9 Å². The van der Waals surface area contributed by atoms with Gasteiger partial charge in [-0.05, 0) is 85.1 Å². The van der Waals surface area contributed by atoms with Crippen molar-refractivity contribution in [3.8, 4) is 5.75 Å². The fourth-order valence-electron chi connectivity index (χ4n) is 7.28. The third-order valence-corrected chi connectivity index (χ3v) is 9.67. The van der Waals surface area contributed by atoms with Crippen LogP contribution in [0.2, 0.25) is 0 Å². The number of methoxy groups -OCH3 is 1. The smallest absolute Gasteiger partial charge is 0.346 e. The molecule has 176 valence electrons. The van der Waals surface area contributed by atoms with Crippen molar-refractivity contribution < 1.29 is 19.1 Å². The van der Waals surface area contributed by atoms with Gasteiger partial charge in [-0.3, -0.25) is 0 Å². The molecule has 2 aromatic carbocycles. The Morgan fingerprint density at radius 1 is 0.914 bits per heavy atom. The number of rotatable bonds is 3. The Morgan fingerprint density at radius 2 is 1.60 bits per heavy atom. The zero-order chi connectivity index (χ0) is 23.7. The number of thiophene rings is 1. The number of fused-ring (bicyclic) bond motifs is 1. The molecule has 4 nitrogen and oxygen atoms in total. The fourth-order valence-corrected chi connectivity index (χ4v) is 8.69. The monoisotopic (exact) mass is 482 g/mol. The van der Waals surface area contributed by atoms with E-state index in [1.165, 1.54) is 47.4 Å². The Balaban J connectivity index is 1.63. The van der Waals surface area contributed by atoms with E-state index in [0.717, 1.165) is 39.3 Å². The van der Waals surface area contributed by atoms with Crippen LogP contribution in [0.15, 0.2) is 60.2 Å². The van der Waals surface area contributed by atoms with Crippen molar-refractivity contribution in [3.05, 3.63) is 75.5 Å². The molecule has 4 fully saturated rings. The highest BCUT2D eigenvalue weighted by Gasteiger charge is 2.45. The minimum Gasteiger partial charge on any atom is -0.497 e. The van der Waals surface area contributed by atoms with Crippen LogP contribution in [0, 0.1) is 23.7 Å². The van der Waals surface area contributed by atoms with Crippen LogP contribution in [0.1, 0.15) is 37.7 Å². The normalized spacial score (nSPS) is 27.9. The molecule has 35 heavy (non-hydrogen) atoms. The molecule has 2 heterocycles. The lowest BCUT2D eigenvalue weighted by molar-refractivity contribution is -0.150. The molecule has 0 amide bonds. The summed E-state index contributed by atoms with van der Waals surface area (Å²) in [7, 11) is 1.64. The van der Waals surface area contributed by atoms with Gasteiger partial charge in [0.1, 0.15) is 5.75 Å². The van der Waals surface area contributed by atoms with Gasteiger partial charge in [-0.2, -0.15) is 0 Å². The fraction of sp³-hybridized carbons (Fsp3) is 0.333. The van der Waals surface area contributed by atoms with Crippen molar-refractivity contribution in [3.63, 3.8) is 0 Å². The van der Waals surface area contributed by atoms with Crippen LogP contribution in [0.5, 0.6) is 5.75 Å². The Kier molecular flexibility index (Phi) is 4.78. The number of ether oxygens (including phenoxy) is 2. The first-order valence-electron chi connectivity index (χ1n) is 12.5. The van der Waals surface area contributed by atoms with Gasteiger partial charge in [0.25, 0.3) is 0 Å². The first-order chi connectivity index (χ1) is 17.1. The highest BCUT2D eigenvalue weighted by molar-refractivity contribution is 7.17. The Bertz CT molecular complexity index is 1510. The van der Waals surface area contributed by atoms with E-state index in [1.807, 2.05) is 35.6 Å². The molecule has 5 aliphatic rings. The third-order valence-electron chi connectivity index (χ3n) is 8.45. The number of hydrogen-bond acceptors (Lipinski definition) is 5. The summed E-state index contributed by atoms with van der Waals surface area (Å²) in [6.45, 7) is 0. The highest BCUT2D eigenvalue weighted by Crippen LogP contribution is 2.56. The summed E-state index contributed by atoms with van der Waals surface area (Å²) in [6, 6.07) is 16.2. The minimum absolute atomic E-state index is 0.342. The number of carbonyl (C=O) groups excluding carboxylic acids is 2. The molecule has 3 aromatic rings. The molecule has 4 aliphatic carbocycles. The standard InChI is InChI=1S/C30H26O4S/c1-33-21-8-6-18(7-9-21)27(23-15-25(31)34-30(23)32)28-22-4-2-3-5-24(22)35-29(28)26-19-11-16-10-17(13-19)14-20(26)12-16/h2-9,15-17,19-20H,10-14H2,1H3/b28-27+,29-26?. The van der Waals surface area contributed by atoms with Gasteiger partial charge in [-0.25, -0.2) is 9.59 Å². The lowest BCUT2D eigenvalue weighted by Gasteiger charge is -2.51. The molecular formula is C30H26O4S. The third kappa shape index (κ3) is 3.32. The van der Waals surface area contributed by atoms with Gasteiger partial charge >= 0.3 is 11.9 Å². The minimum atomic E-state index is -0.598. The molecule has 0 unspecified atom stereocenters. The maximum absolute atomic E-state index is 12.9. The summed E-state index contributed by atoms with van der Waals surface area (Å²) in [6.07, 6.45) is 7.92. The SMILES string of the molecule is COc1ccc(/C(C2=CC(=O)OC2=O)=c2\c(=C3C4CC5CC(C4)CC3C5)sc3ccccc23)cc1. The zero-order valence-electron chi connectivity index (χ0n) is 19.6. The molecule has 0 atom stereocenters. The number of benzene rings is 2. The van der Waals surface area contributed by atoms with Crippen molar-refractivity contribution >= 4 is 44.5 Å². The lowest BCUT2D eigenvalue weighted by atomic mass is 9.54. The summed E-state index contributed by atoms with van der Waals surface area (Å²) in [5.74, 6) is 2.57. The van der Waals surface area contributed by atoms with Crippen LogP contribution in [0.3, 0.4) is 0 Å². The average molecular weight is 483 g/mol. The number of carbonyl (C=O) groups is 2. The van der Waals surface area contributed by atoms with Gasteiger partial charge in [0.05, 0.1) is 12.7 Å². The van der Waals surface area contributed by atoms with Crippen molar-refractivity contribution in [2.45, 2.75) is 32.1 Å². The molecule has 0 radical (unpaired) electrons. The molecule has 0 N–H and O–H groups in total. The topological polar surface area (TPSA) is 52.6 Å². The van der Waals surface area contributed by atoms with Gasteiger partial charge < -0.3 is 9.47 Å². The molecular weight excluding hydrogens is 456 g/mol. The first kappa shape index (κ1) is 21.1. The quantitative estimate of drug-likeness (QED) is 0.400. The molecule has 4 bridgehead atoms. The second-order valence-corrected chi connectivity index (χ2v) is 11.5. The molecule has 0 saturated heterocycles. The van der Waals surface area contributed by atoms with E-state index in [1.54, 1.807) is 12.7 Å². The van der Waals surface area contributed by atoms with E-state index in [2.05, 4.69) is 24.3 Å². The predicted octanol–water partition coefficient (Wildman–Crippen LogP) is 4.73. The van der Waals surface area contributed by atoms with Gasteiger partial charge in [0, 0.05) is 31.5 Å². The Hall–Kier alpha value is -3.18. The first-order valence-corrected chi connectivity index (χ1v) is 13.3. The summed E-state index contributed by atoms with van der Waals surface area (Å²) < 4.78 is 12.9. The predicted molar refractivity (Wildman–Crippen MR) is 136 cm³/mol. The Morgan fingerprint density at radius 3 is 2.23 bits per heavy atom. The van der Waals surface area contributed by atoms with Gasteiger partial charge in [-0.1, -0.05) is 30.3 Å². The van der Waals surface area contributed by atoms with Crippen LogP contribution < -0.4 is 14.5 Å². The second kappa shape index (κ2) is 7.92. The average Bonchev–Trinajstić information content (AvgIpc) is 3.39. The summed E-state index contributed by atoms with van der Waals surface area (Å²) in [5.41, 5.74) is 3.61. The van der Waals surface area contributed by atoms with Crippen molar-refractivity contribution in [2.24, 2.45) is 23.7 Å². The van der Waals surface area contributed by atoms with Crippen LogP contribution in [0.4, 0.5) is 0 Å². The molecule has 8 rings (SSSR count). The van der Waals surface area contributed by atoms with E-state index >= 15 is 0 Å². The van der Waals surface area contributed by atoms with E-state index in [-0.39, 0.29) is 0 Å². The van der Waals surface area contributed by atoms with E-state index in [0.29, 0.717) is 17.4 Å². The van der Waals surface area contributed by atoms with E-state index in [9.17, 15) is 9.59 Å². The molecule has 4 saturated carbocycles. The second-order valence-electron chi connectivity index (χ2n) is 10.4. The van der Waals surface area contributed by atoms with Crippen LogP contribution >= 0.6 is 11.3 Å². The van der Waals surface area contributed by atoms with Crippen LogP contribution in [-0.2, 0) is 14.3 Å². The van der Waals surface area contributed by atoms with Crippen LogP contribution in [0.25, 0.3) is 21.2 Å². The Labute approximate surface area is 207 Å². The van der Waals surface area contributed by atoms with Gasteiger partial charge in [0.15, 0.2) is 0 Å². The molecule has 1 aliphatic heterocycles. The lowest BCUT2D eigenvalue weighted by Crippen LogP contribution is -2.43. The maximum Gasteiger partial charge on any atom is 0.346 e. The molecule has 1 aromatic heterocycles. The van der Waals surface area contributed by atoms with Gasteiger partial charge in [-0.15, -0.1) is 11.3 Å². The molecule has 0 spiro atoms. The summed E-state index contributed by atoms with van der Waals surface area (Å²) in [5, 5.41) is 2.21. The zero-order valence-corrected chi connectivity index (χ0v) is 20.4. The largest absolute Gasteiger partial charge is 0.497 e. The van der Waals surface area contributed by atoms with Crippen molar-refractivity contribution in [1.29, 1.82) is 0 Å². The highest BCUT2D eigenvalue weighted by atomic mass is 32.1. The number of hydrogen-bond donors (Lipinski definition) is 0. The van der Waals surface area contributed by atoms with Gasteiger partial charge in [0.2, 0.25) is 0 Å². The summed E-state index contributed by atoms with van der Waals surface area (Å²) >= 11 is 1.85. The maximum atomic E-state index is 12.9. The number of cyclic esters (lactones) is 2. The van der Waals surface area contributed by atoms with Crippen molar-refractivity contribution in [2.75, 3.05) is 7.11 Å². The van der Waals surface area contributed by atoms with E-state index in [4.69, 9.17) is 9.47 Å². The van der Waals surface area contributed by atoms with Crippen LogP contribution in [-0.4, -0.2) is 19.0 Å². The molecule has 5 heteroatoms. The number of esters is 2. The van der Waals surface area contributed by atoms with Crippen molar-refractivity contribution in [1.82, 2.24) is 0 Å². The summed E-state index contributed by atoms with van der Waals surface area (Å²) in [4.78, 5) is 25.1.